The second-order valence-corrected chi connectivity index (χ2v) is 6.90. The minimum Gasteiger partial charge on any atom is -0.478 e. The number of alkyl halides is 3. The predicted molar refractivity (Wildman–Crippen MR) is 70.9 cm³/mol. The minimum absolute atomic E-state index is 0.0182. The molecule has 0 spiro atoms. The van der Waals surface area contributed by atoms with Gasteiger partial charge >= 0.3 is 11.5 Å². The number of hydrogen-bond acceptors (Lipinski definition) is 3. The van der Waals surface area contributed by atoms with E-state index in [9.17, 15) is 22.2 Å². The number of thioether (sulfide) groups is 1. The third-order valence-electron chi connectivity index (χ3n) is 1.95. The highest BCUT2D eigenvalue weighted by molar-refractivity contribution is 9.10. The van der Waals surface area contributed by atoms with Crippen LogP contribution in [0.15, 0.2) is 27.6 Å². The summed E-state index contributed by atoms with van der Waals surface area (Å²) in [5, 5.41) is 8.93. The van der Waals surface area contributed by atoms with E-state index in [-0.39, 0.29) is 33.7 Å². The van der Waals surface area contributed by atoms with Crippen molar-refractivity contribution >= 4 is 44.5 Å². The molecule has 1 aromatic carbocycles. The van der Waals surface area contributed by atoms with E-state index in [0.717, 1.165) is 0 Å². The van der Waals surface area contributed by atoms with Crippen molar-refractivity contribution in [2.24, 2.45) is 0 Å². The van der Waals surface area contributed by atoms with Crippen LogP contribution >= 0.6 is 27.7 Å². The van der Waals surface area contributed by atoms with E-state index >= 15 is 0 Å². The minimum atomic E-state index is -4.38. The number of carboxylic acids is 1. The maximum atomic E-state index is 11.9. The van der Waals surface area contributed by atoms with Crippen molar-refractivity contribution in [3.05, 3.63) is 28.2 Å². The first kappa shape index (κ1) is 16.5. The molecule has 9 heteroatoms. The Morgan fingerprint density at radius 3 is 2.58 bits per heavy atom. The largest absolute Gasteiger partial charge is 0.478 e. The van der Waals surface area contributed by atoms with Gasteiger partial charge in [-0.3, -0.25) is 4.21 Å². The second-order valence-electron chi connectivity index (χ2n) is 3.29. The Labute approximate surface area is 122 Å². The highest BCUT2D eigenvalue weighted by atomic mass is 79.9. The molecule has 0 radical (unpaired) electrons. The van der Waals surface area contributed by atoms with Crippen LogP contribution in [0.5, 0.6) is 0 Å². The smallest absolute Gasteiger partial charge is 0.441 e. The zero-order valence-electron chi connectivity index (χ0n) is 9.24. The van der Waals surface area contributed by atoms with Gasteiger partial charge in [0.25, 0.3) is 0 Å². The predicted octanol–water partition coefficient (Wildman–Crippen LogP) is 3.51. The maximum Gasteiger partial charge on any atom is 0.441 e. The van der Waals surface area contributed by atoms with E-state index in [1.807, 2.05) is 0 Å². The number of rotatable bonds is 5. The SMILES string of the molecule is O=C(O)c1ccc(Br)cc1S(=O)CCSC(F)(F)F. The molecular weight excluding hydrogens is 369 g/mol. The van der Waals surface area contributed by atoms with Gasteiger partial charge in [-0.1, -0.05) is 27.7 Å². The number of hydrogen-bond donors (Lipinski definition) is 1. The number of carbonyl (C=O) groups is 1. The number of aromatic carboxylic acids is 1. The van der Waals surface area contributed by atoms with Crippen molar-refractivity contribution in [2.75, 3.05) is 11.5 Å². The molecule has 106 valence electrons. The zero-order chi connectivity index (χ0) is 14.6. The van der Waals surface area contributed by atoms with Crippen LogP contribution in [0.1, 0.15) is 10.4 Å². The van der Waals surface area contributed by atoms with E-state index in [4.69, 9.17) is 5.11 Å². The van der Waals surface area contributed by atoms with Crippen molar-refractivity contribution in [1.29, 1.82) is 0 Å². The van der Waals surface area contributed by atoms with Gasteiger partial charge in [-0.2, -0.15) is 13.2 Å². The lowest BCUT2D eigenvalue weighted by molar-refractivity contribution is -0.0326. The molecule has 0 aromatic heterocycles. The first-order valence-electron chi connectivity index (χ1n) is 4.82. The fourth-order valence-electron chi connectivity index (χ4n) is 1.20. The zero-order valence-corrected chi connectivity index (χ0v) is 12.5. The number of halogens is 4. The topological polar surface area (TPSA) is 54.4 Å². The lowest BCUT2D eigenvalue weighted by Crippen LogP contribution is -2.10. The normalized spacial score (nSPS) is 13.3. The van der Waals surface area contributed by atoms with Gasteiger partial charge in [0.05, 0.1) is 21.3 Å². The van der Waals surface area contributed by atoms with Gasteiger partial charge in [0.2, 0.25) is 0 Å². The molecule has 1 aromatic rings. The lowest BCUT2D eigenvalue weighted by atomic mass is 10.2. The Balaban J connectivity index is 2.81. The Bertz CT molecular complexity index is 505. The first-order chi connectivity index (χ1) is 8.70. The molecule has 0 saturated carbocycles. The van der Waals surface area contributed by atoms with Gasteiger partial charge in [-0.05, 0) is 18.2 Å². The Kier molecular flexibility index (Phi) is 5.87. The summed E-state index contributed by atoms with van der Waals surface area (Å²) in [4.78, 5) is 11.0. The molecule has 0 fully saturated rings. The summed E-state index contributed by atoms with van der Waals surface area (Å²) < 4.78 is 48.2. The van der Waals surface area contributed by atoms with E-state index in [1.54, 1.807) is 0 Å². The average Bonchev–Trinajstić information content (AvgIpc) is 2.26. The molecule has 19 heavy (non-hydrogen) atoms. The summed E-state index contributed by atoms with van der Waals surface area (Å²) in [6, 6.07) is 4.07. The molecule has 0 saturated heterocycles. The molecule has 0 aliphatic heterocycles. The van der Waals surface area contributed by atoms with Crippen LogP contribution in [0, 0.1) is 0 Å². The summed E-state index contributed by atoms with van der Waals surface area (Å²) in [5.41, 5.74) is -4.55. The average molecular weight is 377 g/mol. The van der Waals surface area contributed by atoms with Crippen LogP contribution < -0.4 is 0 Å². The van der Waals surface area contributed by atoms with Gasteiger partial charge in [0.1, 0.15) is 0 Å². The van der Waals surface area contributed by atoms with E-state index in [2.05, 4.69) is 15.9 Å². The van der Waals surface area contributed by atoms with Crippen molar-refractivity contribution in [2.45, 2.75) is 10.4 Å². The monoisotopic (exact) mass is 376 g/mol. The second kappa shape index (κ2) is 6.76. The highest BCUT2D eigenvalue weighted by Crippen LogP contribution is 2.30. The van der Waals surface area contributed by atoms with Crippen LogP contribution in [-0.2, 0) is 10.8 Å². The Hall–Kier alpha value is -0.540. The molecule has 0 aliphatic carbocycles. The summed E-state index contributed by atoms with van der Waals surface area (Å²) in [6.07, 6.45) is 0. The van der Waals surface area contributed by atoms with E-state index < -0.39 is 22.3 Å². The van der Waals surface area contributed by atoms with E-state index in [1.165, 1.54) is 18.2 Å². The fraction of sp³-hybridized carbons (Fsp3) is 0.300. The van der Waals surface area contributed by atoms with Gasteiger partial charge in [0, 0.05) is 16.0 Å². The molecular formula is C10H8BrF3O3S2. The fourth-order valence-corrected chi connectivity index (χ4v) is 3.77. The molecule has 3 nitrogen and oxygen atoms in total. The van der Waals surface area contributed by atoms with Crippen LogP contribution in [0.2, 0.25) is 0 Å². The van der Waals surface area contributed by atoms with Gasteiger partial charge in [-0.15, -0.1) is 0 Å². The van der Waals surface area contributed by atoms with Gasteiger partial charge in [-0.25, -0.2) is 4.79 Å². The third kappa shape index (κ3) is 5.53. The van der Waals surface area contributed by atoms with Crippen LogP contribution in [0.3, 0.4) is 0 Å². The summed E-state index contributed by atoms with van der Waals surface area (Å²) >= 11 is 2.82. The molecule has 0 amide bonds. The van der Waals surface area contributed by atoms with Gasteiger partial charge < -0.3 is 5.11 Å². The van der Waals surface area contributed by atoms with Crippen LogP contribution in [0.4, 0.5) is 13.2 Å². The number of benzene rings is 1. The Morgan fingerprint density at radius 2 is 2.05 bits per heavy atom. The summed E-state index contributed by atoms with van der Waals surface area (Å²) in [5.74, 6) is -1.91. The third-order valence-corrected chi connectivity index (χ3v) is 4.84. The summed E-state index contributed by atoms with van der Waals surface area (Å²) in [7, 11) is -1.79. The first-order valence-corrected chi connectivity index (χ1v) is 7.92. The van der Waals surface area contributed by atoms with Gasteiger partial charge in [0.15, 0.2) is 0 Å². The molecule has 1 N–H and O–H groups in total. The van der Waals surface area contributed by atoms with Crippen molar-refractivity contribution < 1.29 is 27.3 Å². The molecule has 0 heterocycles. The van der Waals surface area contributed by atoms with E-state index in [0.29, 0.717) is 4.47 Å². The molecule has 0 bridgehead atoms. The Morgan fingerprint density at radius 1 is 1.42 bits per heavy atom. The van der Waals surface area contributed by atoms with Crippen molar-refractivity contribution in [1.82, 2.24) is 0 Å². The quantitative estimate of drug-likeness (QED) is 0.854. The molecule has 1 rings (SSSR count). The van der Waals surface area contributed by atoms with Crippen molar-refractivity contribution in [3.63, 3.8) is 0 Å². The van der Waals surface area contributed by atoms with Crippen molar-refractivity contribution in [3.8, 4) is 0 Å². The lowest BCUT2D eigenvalue weighted by Gasteiger charge is -2.08. The maximum absolute atomic E-state index is 11.9. The van der Waals surface area contributed by atoms with Crippen LogP contribution in [0.25, 0.3) is 0 Å². The number of carboxylic acid groups (broad SMARTS) is 1. The molecule has 1 atom stereocenters. The standard InChI is InChI=1S/C10H8BrF3O3S2/c11-6-1-2-7(9(15)16)8(5-6)19(17)4-3-18-10(12,13)14/h1-2,5H,3-4H2,(H,15,16). The highest BCUT2D eigenvalue weighted by Gasteiger charge is 2.28. The molecule has 0 aliphatic rings. The molecule has 1 unspecified atom stereocenters. The van der Waals surface area contributed by atoms with Crippen LogP contribution in [-0.4, -0.2) is 32.3 Å². The summed E-state index contributed by atoms with van der Waals surface area (Å²) in [6.45, 7) is 0.